The minimum atomic E-state index is -0.542. The first-order chi connectivity index (χ1) is 16.0. The van der Waals surface area contributed by atoms with Gasteiger partial charge in [-0.15, -0.1) is 0 Å². The van der Waals surface area contributed by atoms with Crippen molar-refractivity contribution in [2.45, 2.75) is 51.8 Å². The molecule has 6 nitrogen and oxygen atoms in total. The van der Waals surface area contributed by atoms with Gasteiger partial charge in [-0.2, -0.15) is 0 Å². The molecule has 1 unspecified atom stereocenters. The Kier molecular flexibility index (Phi) is 9.91. The maximum Gasteiger partial charge on any atom is 0.323 e. The van der Waals surface area contributed by atoms with Crippen molar-refractivity contribution in [3.8, 4) is 0 Å². The van der Waals surface area contributed by atoms with Gasteiger partial charge >= 0.3 is 5.97 Å². The van der Waals surface area contributed by atoms with Crippen LogP contribution < -0.4 is 5.32 Å². The fourth-order valence-electron chi connectivity index (χ4n) is 4.01. The molecule has 2 aromatic rings. The monoisotopic (exact) mass is 452 g/mol. The second-order valence-corrected chi connectivity index (χ2v) is 8.96. The number of carbonyl (C=O) groups is 2. The lowest BCUT2D eigenvalue weighted by atomic mass is 9.99. The van der Waals surface area contributed by atoms with Crippen LogP contribution in [0, 0.1) is 5.92 Å². The van der Waals surface area contributed by atoms with Crippen LogP contribution in [-0.4, -0.2) is 55.2 Å². The molecule has 178 valence electrons. The average Bonchev–Trinajstić information content (AvgIpc) is 2.85. The molecule has 0 bridgehead atoms. The van der Waals surface area contributed by atoms with Crippen molar-refractivity contribution in [1.82, 2.24) is 10.2 Å². The van der Waals surface area contributed by atoms with Gasteiger partial charge in [0.25, 0.3) is 0 Å². The Hall–Kier alpha value is -2.70. The standard InChI is InChI=1S/C27H36N2O4/c1-21(2)19-25(27(31)33-20-23-11-7-4-8-12-23)28-24(14-13-22-9-5-3-6-10-22)26(30)29-15-17-32-18-16-29/h3-12,21,24-25,28H,13-20H2,1-2H3/t24?,25-/m0/s1. The number of aryl methyl sites for hydroxylation is 1. The lowest BCUT2D eigenvalue weighted by Crippen LogP contribution is -2.54. The summed E-state index contributed by atoms with van der Waals surface area (Å²) in [5.41, 5.74) is 2.12. The van der Waals surface area contributed by atoms with Gasteiger partial charge in [0.15, 0.2) is 0 Å². The number of nitrogens with one attached hydrogen (secondary N) is 1. The fraction of sp³-hybridized carbons (Fsp3) is 0.481. The number of carbonyl (C=O) groups excluding carboxylic acids is 2. The van der Waals surface area contributed by atoms with Crippen LogP contribution in [0.2, 0.25) is 0 Å². The summed E-state index contributed by atoms with van der Waals surface area (Å²) in [6, 6.07) is 18.8. The van der Waals surface area contributed by atoms with Crippen LogP contribution in [0.3, 0.4) is 0 Å². The number of nitrogens with zero attached hydrogens (tertiary/aromatic N) is 1. The molecular weight excluding hydrogens is 416 g/mol. The second kappa shape index (κ2) is 13.1. The molecular formula is C27H36N2O4. The minimum Gasteiger partial charge on any atom is -0.460 e. The van der Waals surface area contributed by atoms with Crippen LogP contribution in [0.15, 0.2) is 60.7 Å². The molecule has 1 fully saturated rings. The third-order valence-corrected chi connectivity index (χ3v) is 5.80. The Labute approximate surface area is 197 Å². The third-order valence-electron chi connectivity index (χ3n) is 5.80. The molecule has 3 rings (SSSR count). The summed E-state index contributed by atoms with van der Waals surface area (Å²) in [6.07, 6.45) is 1.97. The van der Waals surface area contributed by atoms with Crippen molar-refractivity contribution in [3.05, 3.63) is 71.8 Å². The van der Waals surface area contributed by atoms with Gasteiger partial charge in [0, 0.05) is 13.1 Å². The zero-order valence-electron chi connectivity index (χ0n) is 19.7. The molecule has 33 heavy (non-hydrogen) atoms. The molecule has 0 aromatic heterocycles. The van der Waals surface area contributed by atoms with E-state index in [0.717, 1.165) is 12.0 Å². The van der Waals surface area contributed by atoms with Gasteiger partial charge in [-0.25, -0.2) is 0 Å². The highest BCUT2D eigenvalue weighted by Crippen LogP contribution is 2.14. The summed E-state index contributed by atoms with van der Waals surface area (Å²) in [5, 5.41) is 3.38. The molecule has 1 amide bonds. The lowest BCUT2D eigenvalue weighted by molar-refractivity contribution is -0.149. The van der Waals surface area contributed by atoms with Crippen LogP contribution in [0.4, 0.5) is 0 Å². The van der Waals surface area contributed by atoms with Crippen molar-refractivity contribution in [1.29, 1.82) is 0 Å². The number of ether oxygens (including phenoxy) is 2. The summed E-state index contributed by atoms with van der Waals surface area (Å²) in [6.45, 7) is 6.62. The largest absolute Gasteiger partial charge is 0.460 e. The van der Waals surface area contributed by atoms with E-state index in [9.17, 15) is 9.59 Å². The summed E-state index contributed by atoms with van der Waals surface area (Å²) in [4.78, 5) is 28.3. The topological polar surface area (TPSA) is 67.9 Å². The molecule has 0 saturated carbocycles. The zero-order valence-corrected chi connectivity index (χ0v) is 19.7. The van der Waals surface area contributed by atoms with E-state index in [1.54, 1.807) is 0 Å². The van der Waals surface area contributed by atoms with Crippen molar-refractivity contribution in [3.63, 3.8) is 0 Å². The van der Waals surface area contributed by atoms with Gasteiger partial charge in [0.2, 0.25) is 5.91 Å². The van der Waals surface area contributed by atoms with Crippen LogP contribution >= 0.6 is 0 Å². The van der Waals surface area contributed by atoms with Gasteiger partial charge in [0.1, 0.15) is 12.6 Å². The normalized spacial score (nSPS) is 15.8. The Morgan fingerprint density at radius 3 is 2.15 bits per heavy atom. The van der Waals surface area contributed by atoms with Gasteiger partial charge in [0.05, 0.1) is 19.3 Å². The van der Waals surface area contributed by atoms with Gasteiger partial charge in [-0.1, -0.05) is 74.5 Å². The predicted octanol–water partition coefficient (Wildman–Crippen LogP) is 3.59. The Morgan fingerprint density at radius 2 is 1.55 bits per heavy atom. The number of hydrogen-bond donors (Lipinski definition) is 1. The molecule has 1 heterocycles. The summed E-state index contributed by atoms with van der Waals surface area (Å²) < 4.78 is 11.1. The average molecular weight is 453 g/mol. The smallest absolute Gasteiger partial charge is 0.323 e. The second-order valence-electron chi connectivity index (χ2n) is 8.96. The fourth-order valence-corrected chi connectivity index (χ4v) is 4.01. The summed E-state index contributed by atoms with van der Waals surface area (Å²) in [5.74, 6) is -0.00840. The highest BCUT2D eigenvalue weighted by atomic mass is 16.5. The van der Waals surface area contributed by atoms with E-state index in [-0.39, 0.29) is 24.4 Å². The molecule has 2 atom stereocenters. The molecule has 2 aromatic carbocycles. The summed E-state index contributed by atoms with van der Waals surface area (Å²) >= 11 is 0. The molecule has 1 aliphatic rings. The molecule has 1 N–H and O–H groups in total. The van der Waals surface area contributed by atoms with E-state index < -0.39 is 12.1 Å². The number of hydrogen-bond acceptors (Lipinski definition) is 5. The van der Waals surface area contributed by atoms with Crippen LogP contribution in [0.25, 0.3) is 0 Å². The lowest BCUT2D eigenvalue weighted by Gasteiger charge is -2.32. The Balaban J connectivity index is 1.70. The molecule has 0 spiro atoms. The van der Waals surface area contributed by atoms with Gasteiger partial charge in [-0.3, -0.25) is 14.9 Å². The maximum atomic E-state index is 13.4. The SMILES string of the molecule is CC(C)C[C@H](NC(CCc1ccccc1)C(=O)N1CCOCC1)C(=O)OCc1ccccc1. The Bertz CT molecular complexity index is 851. The first kappa shape index (κ1) is 24.9. The molecule has 6 heteroatoms. The van der Waals surface area contributed by atoms with Gasteiger partial charge in [-0.05, 0) is 36.3 Å². The van der Waals surface area contributed by atoms with E-state index in [1.807, 2.05) is 53.4 Å². The quantitative estimate of drug-likeness (QED) is 0.528. The maximum absolute atomic E-state index is 13.4. The minimum absolute atomic E-state index is 0.0267. The first-order valence-corrected chi connectivity index (χ1v) is 11.9. The first-order valence-electron chi connectivity index (χ1n) is 11.9. The van der Waals surface area contributed by atoms with Crippen molar-refractivity contribution in [2.75, 3.05) is 26.3 Å². The van der Waals surface area contributed by atoms with E-state index in [2.05, 4.69) is 31.3 Å². The van der Waals surface area contributed by atoms with Crippen LogP contribution in [0.5, 0.6) is 0 Å². The van der Waals surface area contributed by atoms with E-state index >= 15 is 0 Å². The third kappa shape index (κ3) is 8.30. The number of esters is 1. The van der Waals surface area contributed by atoms with Crippen LogP contribution in [0.1, 0.15) is 37.8 Å². The van der Waals surface area contributed by atoms with Crippen molar-refractivity contribution < 1.29 is 19.1 Å². The van der Waals surface area contributed by atoms with Crippen LogP contribution in [-0.2, 0) is 32.1 Å². The molecule has 1 aliphatic heterocycles. The highest BCUT2D eigenvalue weighted by Gasteiger charge is 2.31. The van der Waals surface area contributed by atoms with Gasteiger partial charge < -0.3 is 14.4 Å². The van der Waals surface area contributed by atoms with Crippen molar-refractivity contribution in [2.24, 2.45) is 5.92 Å². The number of benzene rings is 2. The van der Waals surface area contributed by atoms with Crippen molar-refractivity contribution >= 4 is 11.9 Å². The van der Waals surface area contributed by atoms with E-state index in [4.69, 9.17) is 9.47 Å². The van der Waals surface area contributed by atoms with E-state index in [0.29, 0.717) is 39.1 Å². The summed E-state index contributed by atoms with van der Waals surface area (Å²) in [7, 11) is 0. The predicted molar refractivity (Wildman–Crippen MR) is 129 cm³/mol. The zero-order chi connectivity index (χ0) is 23.5. The highest BCUT2D eigenvalue weighted by molar-refractivity contribution is 5.83. The molecule has 1 saturated heterocycles. The Morgan fingerprint density at radius 1 is 0.939 bits per heavy atom. The number of rotatable bonds is 11. The number of morpholine rings is 1. The molecule has 0 radical (unpaired) electrons. The number of amides is 1. The van der Waals surface area contributed by atoms with E-state index in [1.165, 1.54) is 5.56 Å². The molecule has 0 aliphatic carbocycles.